The molecule has 1 aromatic rings. The lowest BCUT2D eigenvalue weighted by molar-refractivity contribution is -0.138. The molecule has 3 aliphatic rings. The van der Waals surface area contributed by atoms with Crippen LogP contribution in [0.1, 0.15) is 43.2 Å². The lowest BCUT2D eigenvalue weighted by atomic mass is 10.0. The van der Waals surface area contributed by atoms with Crippen molar-refractivity contribution in [2.24, 2.45) is 11.5 Å². The van der Waals surface area contributed by atoms with Crippen molar-refractivity contribution >= 4 is 23.4 Å². The maximum atomic E-state index is 12.8. The molecule has 4 rings (SSSR count). The van der Waals surface area contributed by atoms with Crippen molar-refractivity contribution < 1.29 is 23.2 Å². The highest BCUT2D eigenvalue weighted by Crippen LogP contribution is 2.38. The van der Waals surface area contributed by atoms with Gasteiger partial charge < -0.3 is 21.7 Å². The first-order valence-electron chi connectivity index (χ1n) is 10.6. The molecular weight excluding hydrogens is 434 g/mol. The Hall–Kier alpha value is -3.76. The zero-order valence-electron chi connectivity index (χ0n) is 17.8. The Morgan fingerprint density at radius 1 is 1.21 bits per heavy atom. The van der Waals surface area contributed by atoms with Crippen molar-refractivity contribution in [1.82, 2.24) is 20.1 Å². The second-order valence-corrected chi connectivity index (χ2v) is 8.16. The molecule has 0 spiro atoms. The number of aromatic nitrogens is 1. The molecule has 0 atom stereocenters. The van der Waals surface area contributed by atoms with E-state index < -0.39 is 12.3 Å². The molecule has 3 heterocycles. The number of nitrogens with one attached hydrogen (secondary N) is 1. The summed E-state index contributed by atoms with van der Waals surface area (Å²) >= 11 is 0. The highest BCUT2D eigenvalue weighted by molar-refractivity contribution is 6.19. The van der Waals surface area contributed by atoms with Gasteiger partial charge in [-0.1, -0.05) is 0 Å². The van der Waals surface area contributed by atoms with E-state index in [1.807, 2.05) is 0 Å². The van der Waals surface area contributed by atoms with Crippen molar-refractivity contribution in [2.45, 2.75) is 38.2 Å². The third-order valence-electron chi connectivity index (χ3n) is 5.67. The van der Waals surface area contributed by atoms with Crippen molar-refractivity contribution in [1.29, 1.82) is 0 Å². The van der Waals surface area contributed by atoms with Gasteiger partial charge in [0, 0.05) is 47.4 Å². The van der Waals surface area contributed by atoms with E-state index in [1.54, 1.807) is 4.90 Å². The summed E-state index contributed by atoms with van der Waals surface area (Å²) in [5.41, 5.74) is 12.7. The van der Waals surface area contributed by atoms with E-state index in [2.05, 4.69) is 10.3 Å². The smallest absolute Gasteiger partial charge is 0.277 e. The second-order valence-electron chi connectivity index (χ2n) is 8.16. The van der Waals surface area contributed by atoms with E-state index in [1.165, 1.54) is 29.3 Å². The molecule has 0 unspecified atom stereocenters. The standard InChI is InChI=1S/C22H24F2N6O3/c23-20(24)13-8-12(9-27-10-13)16(25)5-6-17(26)28-18(31)11-29-7-1-2-15-19(29)22(33)30(21(15)32)14-3-4-14/h5-6,8-10,14,20H,1-4,7,11,25-26H2,(H,28,31)/b16-5-,17-6+. The lowest BCUT2D eigenvalue weighted by Crippen LogP contribution is -2.42. The summed E-state index contributed by atoms with van der Waals surface area (Å²) in [6.45, 7) is 0.345. The quantitative estimate of drug-likeness (QED) is 0.412. The molecule has 2 aliphatic heterocycles. The van der Waals surface area contributed by atoms with Crippen LogP contribution < -0.4 is 16.8 Å². The molecule has 0 aromatic carbocycles. The van der Waals surface area contributed by atoms with Crippen LogP contribution in [-0.4, -0.2) is 51.6 Å². The number of allylic oxidation sites excluding steroid dienone is 2. The Kier molecular flexibility index (Phi) is 6.12. The maximum Gasteiger partial charge on any atom is 0.277 e. The number of nitrogens with two attached hydrogens (primary N) is 2. The molecule has 33 heavy (non-hydrogen) atoms. The number of imide groups is 1. The predicted molar refractivity (Wildman–Crippen MR) is 114 cm³/mol. The number of alkyl halides is 2. The van der Waals surface area contributed by atoms with Crippen LogP contribution >= 0.6 is 0 Å². The van der Waals surface area contributed by atoms with E-state index in [4.69, 9.17) is 11.5 Å². The Bertz CT molecular complexity index is 1090. The molecule has 174 valence electrons. The van der Waals surface area contributed by atoms with Gasteiger partial charge in [0.05, 0.1) is 6.54 Å². The number of nitrogens with zero attached hydrogens (tertiary/aromatic N) is 3. The average molecular weight is 458 g/mol. The number of amides is 3. The van der Waals surface area contributed by atoms with Gasteiger partial charge >= 0.3 is 0 Å². The molecule has 9 nitrogen and oxygen atoms in total. The number of rotatable bonds is 7. The molecule has 0 saturated heterocycles. The van der Waals surface area contributed by atoms with Gasteiger partial charge in [0.15, 0.2) is 0 Å². The topological polar surface area (TPSA) is 135 Å². The summed E-state index contributed by atoms with van der Waals surface area (Å²) in [5.74, 6) is -1.05. The molecule has 11 heteroatoms. The van der Waals surface area contributed by atoms with Crippen molar-refractivity contribution in [3.63, 3.8) is 0 Å². The summed E-state index contributed by atoms with van der Waals surface area (Å²) < 4.78 is 25.6. The average Bonchev–Trinajstić information content (AvgIpc) is 3.58. The Morgan fingerprint density at radius 3 is 2.67 bits per heavy atom. The fourth-order valence-electron chi connectivity index (χ4n) is 3.94. The summed E-state index contributed by atoms with van der Waals surface area (Å²) in [6.07, 6.45) is 5.26. The van der Waals surface area contributed by atoms with Crippen molar-refractivity contribution in [3.8, 4) is 0 Å². The molecule has 3 amide bonds. The Morgan fingerprint density at radius 2 is 1.97 bits per heavy atom. The van der Waals surface area contributed by atoms with Gasteiger partial charge in [0.2, 0.25) is 5.91 Å². The molecule has 1 aromatic heterocycles. The molecule has 0 bridgehead atoms. The number of hydrogen-bond acceptors (Lipinski definition) is 7. The van der Waals surface area contributed by atoms with Crippen LogP contribution in [0, 0.1) is 0 Å². The van der Waals surface area contributed by atoms with Gasteiger partial charge in [-0.3, -0.25) is 24.3 Å². The van der Waals surface area contributed by atoms with Crippen LogP contribution in [0.2, 0.25) is 0 Å². The van der Waals surface area contributed by atoms with Gasteiger partial charge in [0.25, 0.3) is 18.2 Å². The van der Waals surface area contributed by atoms with Crippen molar-refractivity contribution in [2.75, 3.05) is 13.1 Å². The molecule has 1 aliphatic carbocycles. The summed E-state index contributed by atoms with van der Waals surface area (Å²) in [5, 5.41) is 2.51. The van der Waals surface area contributed by atoms with Gasteiger partial charge in [-0.05, 0) is 43.9 Å². The van der Waals surface area contributed by atoms with Gasteiger partial charge in [-0.15, -0.1) is 0 Å². The minimum Gasteiger partial charge on any atom is -0.398 e. The highest BCUT2D eigenvalue weighted by atomic mass is 19.3. The normalized spacial score (nSPS) is 19.5. The minimum atomic E-state index is -2.67. The monoisotopic (exact) mass is 458 g/mol. The summed E-state index contributed by atoms with van der Waals surface area (Å²) in [4.78, 5) is 44.6. The Balaban J connectivity index is 1.39. The van der Waals surface area contributed by atoms with E-state index in [9.17, 15) is 23.2 Å². The summed E-state index contributed by atoms with van der Waals surface area (Å²) in [6, 6.07) is 1.19. The molecule has 1 saturated carbocycles. The minimum absolute atomic E-state index is 0.0134. The van der Waals surface area contributed by atoms with Gasteiger partial charge in [-0.25, -0.2) is 8.78 Å². The third-order valence-corrected chi connectivity index (χ3v) is 5.67. The first kappa shape index (κ1) is 22.4. The summed E-state index contributed by atoms with van der Waals surface area (Å²) in [7, 11) is 0. The van der Waals surface area contributed by atoms with Crippen LogP contribution in [0.15, 0.2) is 47.7 Å². The SMILES string of the molecule is N/C(=C\C=C(/N)NC(=O)CN1CCCC2=C1C(=O)N(C1CC1)C2=O)c1cncc(C(F)F)c1. The maximum absolute atomic E-state index is 12.8. The van der Waals surface area contributed by atoms with Crippen LogP contribution in [0.25, 0.3) is 5.70 Å². The van der Waals surface area contributed by atoms with E-state index in [-0.39, 0.29) is 41.5 Å². The first-order chi connectivity index (χ1) is 15.8. The van der Waals surface area contributed by atoms with Gasteiger partial charge in [0.1, 0.15) is 11.5 Å². The number of carbonyl (C=O) groups is 3. The number of carbonyl (C=O) groups excluding carboxylic acids is 3. The predicted octanol–water partition coefficient (Wildman–Crippen LogP) is 1.12. The van der Waals surface area contributed by atoms with Crippen LogP contribution in [0.4, 0.5) is 8.78 Å². The zero-order valence-corrected chi connectivity index (χ0v) is 17.8. The highest BCUT2D eigenvalue weighted by Gasteiger charge is 2.48. The van der Waals surface area contributed by atoms with Crippen LogP contribution in [-0.2, 0) is 14.4 Å². The number of pyridine rings is 1. The van der Waals surface area contributed by atoms with Crippen LogP contribution in [0.5, 0.6) is 0 Å². The third kappa shape index (κ3) is 4.71. The first-order valence-corrected chi connectivity index (χ1v) is 10.6. The fourth-order valence-corrected chi connectivity index (χ4v) is 3.94. The number of halogens is 2. The largest absolute Gasteiger partial charge is 0.398 e. The fraction of sp³-hybridized carbons (Fsp3) is 0.364. The molecule has 1 fully saturated rings. The van der Waals surface area contributed by atoms with E-state index in [0.29, 0.717) is 36.2 Å². The van der Waals surface area contributed by atoms with Crippen molar-refractivity contribution in [3.05, 3.63) is 58.8 Å². The molecule has 0 radical (unpaired) electrons. The van der Waals surface area contributed by atoms with E-state index in [0.717, 1.165) is 19.0 Å². The Labute approximate surface area is 188 Å². The van der Waals surface area contributed by atoms with Gasteiger partial charge in [-0.2, -0.15) is 0 Å². The lowest BCUT2D eigenvalue weighted by Gasteiger charge is -2.28. The van der Waals surface area contributed by atoms with Crippen LogP contribution in [0.3, 0.4) is 0 Å². The molecule has 5 N–H and O–H groups in total. The second kappa shape index (κ2) is 9.00. The number of hydrogen-bond donors (Lipinski definition) is 3. The van der Waals surface area contributed by atoms with E-state index >= 15 is 0 Å². The zero-order chi connectivity index (χ0) is 23.7. The molecular formula is C22H24F2N6O3.